The molecule has 0 spiro atoms. The quantitative estimate of drug-likeness (QED) is 0.691. The number of nitrogens with zero attached hydrogens (tertiary/aromatic N) is 3. The molecule has 3 fully saturated rings. The molecular weight excluding hydrogens is 440 g/mol. The Morgan fingerprint density at radius 1 is 1.09 bits per heavy atom. The monoisotopic (exact) mass is 474 g/mol. The second kappa shape index (κ2) is 8.42. The summed E-state index contributed by atoms with van der Waals surface area (Å²) in [6, 6.07) is 11.5. The maximum Gasteiger partial charge on any atom is 0.248 e. The van der Waals surface area contributed by atoms with E-state index in [9.17, 15) is 14.7 Å². The van der Waals surface area contributed by atoms with Gasteiger partial charge in [-0.1, -0.05) is 12.1 Å². The van der Waals surface area contributed by atoms with Gasteiger partial charge in [-0.15, -0.1) is 0 Å². The maximum atomic E-state index is 13.3. The van der Waals surface area contributed by atoms with Crippen LogP contribution in [0, 0.1) is 5.92 Å². The molecule has 3 heterocycles. The molecule has 35 heavy (non-hydrogen) atoms. The smallest absolute Gasteiger partial charge is 0.248 e. The number of piperidine rings is 1. The fourth-order valence-electron chi connectivity index (χ4n) is 7.05. The van der Waals surface area contributed by atoms with Crippen molar-refractivity contribution < 1.29 is 14.7 Å². The van der Waals surface area contributed by atoms with Crippen LogP contribution in [0.25, 0.3) is 0 Å². The molecule has 3 atom stereocenters. The van der Waals surface area contributed by atoms with E-state index in [2.05, 4.69) is 9.88 Å². The van der Waals surface area contributed by atoms with Gasteiger partial charge in [-0.05, 0) is 86.4 Å². The Kier molecular flexibility index (Phi) is 5.45. The lowest BCUT2D eigenvalue weighted by Gasteiger charge is -2.61. The van der Waals surface area contributed by atoms with Gasteiger partial charge < -0.3 is 15.7 Å². The van der Waals surface area contributed by atoms with Gasteiger partial charge in [0.05, 0.1) is 12.0 Å². The molecule has 2 aliphatic heterocycles. The van der Waals surface area contributed by atoms with Gasteiger partial charge in [0.15, 0.2) is 0 Å². The number of aliphatic hydroxyl groups is 1. The first-order chi connectivity index (χ1) is 16.9. The number of nitrogens with two attached hydrogens (primary N) is 1. The van der Waals surface area contributed by atoms with Crippen LogP contribution < -0.4 is 5.73 Å². The number of pyridine rings is 1. The van der Waals surface area contributed by atoms with E-state index >= 15 is 0 Å². The predicted molar refractivity (Wildman–Crippen MR) is 132 cm³/mol. The van der Waals surface area contributed by atoms with E-state index < -0.39 is 16.9 Å². The summed E-state index contributed by atoms with van der Waals surface area (Å²) in [6.07, 6.45) is 7.35. The van der Waals surface area contributed by atoms with Crippen LogP contribution in [0.5, 0.6) is 0 Å². The number of carbonyl (C=O) groups excluding carboxylic acids is 2. The van der Waals surface area contributed by atoms with E-state index in [4.69, 9.17) is 5.73 Å². The second-order valence-corrected chi connectivity index (χ2v) is 11.0. The van der Waals surface area contributed by atoms with Gasteiger partial charge in [-0.25, -0.2) is 0 Å². The number of fused-ring (bicyclic) bond motifs is 1. The van der Waals surface area contributed by atoms with Crippen LogP contribution >= 0.6 is 0 Å². The van der Waals surface area contributed by atoms with Crippen LogP contribution in [-0.4, -0.2) is 69.5 Å². The average molecular weight is 475 g/mol. The third kappa shape index (κ3) is 3.76. The third-order valence-electron chi connectivity index (χ3n) is 9.14. The first-order valence-electron chi connectivity index (χ1n) is 13.0. The molecule has 7 heteroatoms. The number of carbonyl (C=O) groups is 2. The zero-order chi connectivity index (χ0) is 24.2. The highest BCUT2D eigenvalue weighted by Crippen LogP contribution is 2.56. The highest BCUT2D eigenvalue weighted by Gasteiger charge is 2.63. The van der Waals surface area contributed by atoms with E-state index in [0.717, 1.165) is 43.1 Å². The van der Waals surface area contributed by atoms with Crippen molar-refractivity contribution in [3.63, 3.8) is 0 Å². The molecule has 2 bridgehead atoms. The van der Waals surface area contributed by atoms with Crippen LogP contribution in [0.1, 0.15) is 59.3 Å². The van der Waals surface area contributed by atoms with Crippen molar-refractivity contribution in [3.05, 3.63) is 65.0 Å². The SMILES string of the molecule is NC(=O)c1ccc2c(c1)C13CCN(C(=O)Cc4ccccn4)CCC1(O)C(C2)N(CC1CC1)CC3. The number of amides is 2. The van der Waals surface area contributed by atoms with Crippen molar-refractivity contribution in [2.75, 3.05) is 26.2 Å². The molecule has 0 radical (unpaired) electrons. The fraction of sp³-hybridized carbons (Fsp3) is 0.536. The Hall–Kier alpha value is -2.77. The molecule has 1 aromatic heterocycles. The standard InChI is InChI=1S/C28H34N4O3/c29-26(34)21-7-6-20-16-24-28(35)10-14-31(25(33)17-22-3-1-2-11-30-22)12-8-27(28,23(20)15-21)9-13-32(24)18-19-4-5-19/h1-3,6-7,11,15,19,24,35H,4-5,8-10,12-14,16-18H2,(H2,29,34). The van der Waals surface area contributed by atoms with Crippen LogP contribution in [-0.2, 0) is 23.1 Å². The molecule has 2 saturated heterocycles. The minimum atomic E-state index is -0.955. The van der Waals surface area contributed by atoms with E-state index in [1.807, 2.05) is 41.3 Å². The molecule has 1 saturated carbocycles. The normalized spacial score (nSPS) is 30.2. The summed E-state index contributed by atoms with van der Waals surface area (Å²) >= 11 is 0. The van der Waals surface area contributed by atoms with Gasteiger partial charge >= 0.3 is 0 Å². The Bertz CT molecular complexity index is 1150. The van der Waals surface area contributed by atoms with Gasteiger partial charge in [0.25, 0.3) is 0 Å². The minimum absolute atomic E-state index is 0.0228. The summed E-state index contributed by atoms with van der Waals surface area (Å²) in [4.78, 5) is 34.1. The first kappa shape index (κ1) is 22.7. The Morgan fingerprint density at radius 3 is 2.63 bits per heavy atom. The van der Waals surface area contributed by atoms with E-state index in [1.165, 1.54) is 18.4 Å². The van der Waals surface area contributed by atoms with Crippen molar-refractivity contribution in [1.29, 1.82) is 0 Å². The lowest BCUT2D eigenvalue weighted by Crippen LogP contribution is -2.71. The van der Waals surface area contributed by atoms with Crippen molar-refractivity contribution >= 4 is 11.8 Å². The van der Waals surface area contributed by atoms with E-state index in [0.29, 0.717) is 31.5 Å². The lowest BCUT2D eigenvalue weighted by atomic mass is 9.52. The van der Waals surface area contributed by atoms with Crippen LogP contribution in [0.15, 0.2) is 42.6 Å². The predicted octanol–water partition coefficient (Wildman–Crippen LogP) is 2.05. The summed E-state index contributed by atoms with van der Waals surface area (Å²) in [5, 5.41) is 12.6. The van der Waals surface area contributed by atoms with Gasteiger partial charge in [-0.3, -0.25) is 19.5 Å². The average Bonchev–Trinajstić information content (AvgIpc) is 3.68. The molecule has 2 aliphatic carbocycles. The summed E-state index contributed by atoms with van der Waals surface area (Å²) in [6.45, 7) is 3.10. The van der Waals surface area contributed by atoms with E-state index in [1.54, 1.807) is 6.20 Å². The van der Waals surface area contributed by atoms with Gasteiger partial charge in [0, 0.05) is 48.5 Å². The molecule has 3 unspecified atom stereocenters. The number of primary amides is 1. The number of benzene rings is 1. The summed E-state index contributed by atoms with van der Waals surface area (Å²) in [5.41, 5.74) is 7.74. The highest BCUT2D eigenvalue weighted by atomic mass is 16.3. The molecule has 2 aromatic rings. The molecule has 2 amide bonds. The zero-order valence-electron chi connectivity index (χ0n) is 20.2. The van der Waals surface area contributed by atoms with Crippen LogP contribution in [0.4, 0.5) is 0 Å². The Morgan fingerprint density at radius 2 is 1.89 bits per heavy atom. The molecule has 1 aromatic carbocycles. The maximum absolute atomic E-state index is 13.3. The topological polar surface area (TPSA) is 99.8 Å². The molecule has 3 N–H and O–H groups in total. The minimum Gasteiger partial charge on any atom is -0.387 e. The molecule has 6 rings (SSSR count). The summed E-state index contributed by atoms with van der Waals surface area (Å²) in [7, 11) is 0. The first-order valence-corrected chi connectivity index (χ1v) is 13.0. The van der Waals surface area contributed by atoms with Crippen molar-refractivity contribution in [1.82, 2.24) is 14.8 Å². The zero-order valence-corrected chi connectivity index (χ0v) is 20.2. The summed E-state index contributed by atoms with van der Waals surface area (Å²) in [5.74, 6) is 0.353. The molecule has 7 nitrogen and oxygen atoms in total. The van der Waals surface area contributed by atoms with Gasteiger partial charge in [0.2, 0.25) is 11.8 Å². The molecule has 4 aliphatic rings. The molecular formula is C28H34N4O3. The number of rotatable bonds is 5. The highest BCUT2D eigenvalue weighted by molar-refractivity contribution is 5.93. The van der Waals surface area contributed by atoms with Crippen LogP contribution in [0.3, 0.4) is 0 Å². The van der Waals surface area contributed by atoms with Crippen molar-refractivity contribution in [3.8, 4) is 0 Å². The third-order valence-corrected chi connectivity index (χ3v) is 9.14. The Labute approximate surface area is 206 Å². The van der Waals surface area contributed by atoms with Crippen molar-refractivity contribution in [2.45, 2.75) is 62.0 Å². The summed E-state index contributed by atoms with van der Waals surface area (Å²) < 4.78 is 0. The molecule has 184 valence electrons. The number of aromatic nitrogens is 1. The number of likely N-dealkylation sites (tertiary alicyclic amines) is 2. The second-order valence-electron chi connectivity index (χ2n) is 11.0. The fourth-order valence-corrected chi connectivity index (χ4v) is 7.05. The van der Waals surface area contributed by atoms with E-state index in [-0.39, 0.29) is 18.4 Å². The number of hydrogen-bond acceptors (Lipinski definition) is 5. The van der Waals surface area contributed by atoms with Gasteiger partial charge in [0.1, 0.15) is 0 Å². The van der Waals surface area contributed by atoms with Crippen LogP contribution in [0.2, 0.25) is 0 Å². The van der Waals surface area contributed by atoms with Crippen molar-refractivity contribution in [2.24, 2.45) is 11.7 Å². The Balaban J connectivity index is 1.36. The lowest BCUT2D eigenvalue weighted by molar-refractivity contribution is -0.149. The van der Waals surface area contributed by atoms with Gasteiger partial charge in [-0.2, -0.15) is 0 Å². The number of hydrogen-bond donors (Lipinski definition) is 2. The largest absolute Gasteiger partial charge is 0.387 e.